The highest BCUT2D eigenvalue weighted by molar-refractivity contribution is 5.32. The van der Waals surface area contributed by atoms with Crippen molar-refractivity contribution in [2.45, 2.75) is 506 Å². The zero-order chi connectivity index (χ0) is 94.9. The molecule has 36 atom stereocenters. The number of fused-ring (bicyclic) bond motifs is 20. The highest BCUT2D eigenvalue weighted by Gasteiger charge is 2.66. The van der Waals surface area contributed by atoms with E-state index in [1.807, 2.05) is 55.4 Å². The van der Waals surface area contributed by atoms with Crippen LogP contribution in [0, 0.1) is 162 Å². The fourth-order valence-corrected chi connectivity index (χ4v) is 36.7. The van der Waals surface area contributed by atoms with E-state index in [0.29, 0.717) is 92.7 Å². The summed E-state index contributed by atoms with van der Waals surface area (Å²) in [6.07, 6.45) is 63.3. The van der Waals surface area contributed by atoms with Crippen LogP contribution in [0.1, 0.15) is 462 Å². The lowest BCUT2D eigenvalue weighted by molar-refractivity contribution is -0.0716. The Kier molecular flexibility index (Phi) is 35.6. The summed E-state index contributed by atoms with van der Waals surface area (Å²) >= 11 is 0. The van der Waals surface area contributed by atoms with Gasteiger partial charge in [-0.15, -0.1) is 0 Å². The van der Waals surface area contributed by atoms with Crippen LogP contribution < -0.4 is 0 Å². The predicted molar refractivity (Wildman–Crippen MR) is 548 cm³/mol. The molecule has 16 aliphatic rings. The highest BCUT2D eigenvalue weighted by atomic mass is 16.5. The van der Waals surface area contributed by atoms with E-state index in [4.69, 9.17) is 19.7 Å². The first-order valence-corrected chi connectivity index (χ1v) is 55.4. The summed E-state index contributed by atoms with van der Waals surface area (Å²) in [6.45, 7) is 48.3. The summed E-state index contributed by atoms with van der Waals surface area (Å²) in [4.78, 5) is 0. The van der Waals surface area contributed by atoms with E-state index in [-0.39, 0.29) is 28.1 Å². The van der Waals surface area contributed by atoms with Crippen molar-refractivity contribution in [2.24, 2.45) is 162 Å². The Bertz CT molecular complexity index is 3590. The molecule has 10 N–H and O–H groups in total. The van der Waals surface area contributed by atoms with Crippen molar-refractivity contribution in [1.82, 2.24) is 0 Å². The third-order valence-electron chi connectivity index (χ3n) is 45.0. The second-order valence-electron chi connectivity index (χ2n) is 54.5. The van der Waals surface area contributed by atoms with E-state index >= 15 is 0 Å². The molecule has 0 radical (unpaired) electrons. The Morgan fingerprint density at radius 2 is 0.500 bits per heavy atom. The SMILES string of the molecule is C.C.COCCC[C@@](C)(O)CC[C@@H](C)[C@H]1CC[C@H]2[C@@H]3CC=C4C[C@@](C)(O)CC[C@]4(C)[C@H]3CC[C@]12C.COCCC[C@](C)(O)CC[C@@H](C)[C@H]1CC[C@H]2[C@@H]3CC=C4C[C@@](C)(O)CC[C@]4(C)[C@H]3CC[C@]12C.C[C@H](CC[C@@](C)(O)CCCO)[C@H]1CC[C@H]2[C@@H]3CC=C4C[C@@](C)(O)CC[C@]4(C)[C@H]3CC[C@]12C.C[C@H](CC[C@](C)(O)CCCO)[C@H]1CC[C@H]2[C@@H]3CC=C4C[C@@](C)(O)CC[C@]4(C)[C@H]3CC[C@]12C. The minimum Gasteiger partial charge on any atom is -0.396 e. The first-order valence-electron chi connectivity index (χ1n) is 55.4. The lowest BCUT2D eigenvalue weighted by Gasteiger charge is -2.59. The molecule has 12 heteroatoms. The lowest BCUT2D eigenvalue weighted by Crippen LogP contribution is -2.52. The van der Waals surface area contributed by atoms with Crippen LogP contribution in [0.25, 0.3) is 0 Å². The molecular weight excluding hydrogens is 1630 g/mol. The zero-order valence-corrected chi connectivity index (χ0v) is 87.9. The molecular formula is C120H212O12. The van der Waals surface area contributed by atoms with Crippen molar-refractivity contribution in [3.05, 3.63) is 46.6 Å². The average Bonchev–Trinajstić information content (AvgIpc) is 1.41. The smallest absolute Gasteiger partial charge is 0.0657 e. The molecule has 0 saturated heterocycles. The fraction of sp³-hybridized carbons (Fsp3) is 0.933. The molecule has 0 spiro atoms. The van der Waals surface area contributed by atoms with Gasteiger partial charge in [0.05, 0.1) is 44.8 Å². The van der Waals surface area contributed by atoms with Crippen LogP contribution in [0.4, 0.5) is 0 Å². The van der Waals surface area contributed by atoms with Crippen molar-refractivity contribution >= 4 is 0 Å². The van der Waals surface area contributed by atoms with Gasteiger partial charge in [0.25, 0.3) is 0 Å². The molecule has 0 aromatic heterocycles. The van der Waals surface area contributed by atoms with Gasteiger partial charge in [-0.2, -0.15) is 0 Å². The molecule has 12 fully saturated rings. The average molecular weight is 1850 g/mol. The molecule has 0 unspecified atom stereocenters. The highest BCUT2D eigenvalue weighted by Crippen LogP contribution is 2.74. The van der Waals surface area contributed by atoms with Crippen molar-refractivity contribution in [1.29, 1.82) is 0 Å². The van der Waals surface area contributed by atoms with Crippen molar-refractivity contribution in [3.63, 3.8) is 0 Å². The monoisotopic (exact) mass is 1850 g/mol. The van der Waals surface area contributed by atoms with Gasteiger partial charge in [-0.05, 0) is 525 Å². The number of ether oxygens (including phenoxy) is 2. The Hall–Kier alpha value is -1.52. The van der Waals surface area contributed by atoms with Crippen LogP contribution in [-0.4, -0.2) is 137 Å². The maximum atomic E-state index is 10.9. The van der Waals surface area contributed by atoms with Gasteiger partial charge in [0.2, 0.25) is 0 Å². The zero-order valence-electron chi connectivity index (χ0n) is 87.9. The number of methoxy groups -OCH3 is 2. The van der Waals surface area contributed by atoms with Gasteiger partial charge in [0, 0.05) is 40.6 Å². The van der Waals surface area contributed by atoms with E-state index in [1.54, 1.807) is 36.5 Å². The minimum absolute atomic E-state index is 0. The third-order valence-corrected chi connectivity index (χ3v) is 45.0. The van der Waals surface area contributed by atoms with Crippen LogP contribution in [0.3, 0.4) is 0 Å². The number of rotatable bonds is 30. The fourth-order valence-electron chi connectivity index (χ4n) is 36.7. The molecule has 0 aromatic rings. The third kappa shape index (κ3) is 23.1. The predicted octanol–water partition coefficient (Wildman–Crippen LogP) is 27.6. The Morgan fingerprint density at radius 1 is 0.295 bits per heavy atom. The molecule has 0 amide bonds. The molecule has 0 bridgehead atoms. The molecule has 0 heterocycles. The maximum Gasteiger partial charge on any atom is 0.0657 e. The normalized spacial score (nSPS) is 45.2. The number of hydrogen-bond acceptors (Lipinski definition) is 12. The van der Waals surface area contributed by atoms with Gasteiger partial charge < -0.3 is 60.5 Å². The number of aliphatic hydroxyl groups excluding tert-OH is 2. The van der Waals surface area contributed by atoms with Gasteiger partial charge in [-0.1, -0.05) is 145 Å². The van der Waals surface area contributed by atoms with E-state index in [9.17, 15) is 40.9 Å². The standard InChI is InChI=1S/2C30H52O3.2C29H50O3.2CH4/c2*1-21(12-15-27(2,31)14-7-19-33-6)24-10-11-25-23-9-8-22-20-28(3,32)17-18-29(22,4)26(23)13-16-30(24,25)5;2*1-20(11-14-26(2,31)13-6-18-30)23-9-10-24-22-8-7-21-19-27(3,32)16-17-28(21,4)25(22)12-15-29(23,24)5;;/h2*8,21,23-26,31-32H,7,9-20H2,1-6H3;2*7,20,22-25,30-32H,6,8-19H2,1-5H3;2*1H4/t21-,23+,24-,25+,26+,27+,28+,29+,30-;21-,23+,24-,25+,26+,27-,28+,29+,30-;20-,22+,23-,24+,25+,26+,27+,28+,29-;20-,22+,23-,24+,25+,26-,27+,28+,29-;;/m1111../s1. The topological polar surface area (TPSA) is 221 Å². The summed E-state index contributed by atoms with van der Waals surface area (Å²) in [5.74, 6) is 15.7. The van der Waals surface area contributed by atoms with Crippen molar-refractivity contribution in [2.75, 3.05) is 40.6 Å². The van der Waals surface area contributed by atoms with Crippen LogP contribution >= 0.6 is 0 Å². The molecule has 764 valence electrons. The Labute approximate surface area is 811 Å². The quantitative estimate of drug-likeness (QED) is 0.0240. The van der Waals surface area contributed by atoms with Crippen molar-refractivity contribution < 1.29 is 60.5 Å². The number of allylic oxidation sites excluding steroid dienone is 4. The van der Waals surface area contributed by atoms with E-state index in [1.165, 1.54) is 128 Å². The van der Waals surface area contributed by atoms with E-state index in [0.717, 1.165) is 262 Å². The largest absolute Gasteiger partial charge is 0.396 e. The van der Waals surface area contributed by atoms with Crippen LogP contribution in [0.5, 0.6) is 0 Å². The van der Waals surface area contributed by atoms with Crippen LogP contribution in [0.2, 0.25) is 0 Å². The minimum atomic E-state index is -0.644. The van der Waals surface area contributed by atoms with Crippen molar-refractivity contribution in [3.8, 4) is 0 Å². The van der Waals surface area contributed by atoms with Gasteiger partial charge >= 0.3 is 0 Å². The van der Waals surface area contributed by atoms with Gasteiger partial charge in [-0.3, -0.25) is 0 Å². The second kappa shape index (κ2) is 42.4. The number of aliphatic hydroxyl groups is 10. The number of hydrogen-bond donors (Lipinski definition) is 10. The van der Waals surface area contributed by atoms with E-state index in [2.05, 4.69) is 107 Å². The first-order chi connectivity index (χ1) is 60.7. The van der Waals surface area contributed by atoms with E-state index < -0.39 is 44.8 Å². The van der Waals surface area contributed by atoms with Crippen LogP contribution in [0.15, 0.2) is 46.6 Å². The molecule has 12 nitrogen and oxygen atoms in total. The lowest BCUT2D eigenvalue weighted by atomic mass is 9.46. The molecule has 0 aliphatic heterocycles. The van der Waals surface area contributed by atoms with Gasteiger partial charge in [-0.25, -0.2) is 0 Å². The Balaban J connectivity index is 0.000000169. The van der Waals surface area contributed by atoms with Gasteiger partial charge in [0.1, 0.15) is 0 Å². The summed E-state index contributed by atoms with van der Waals surface area (Å²) in [5.41, 5.74) is 4.90. The summed E-state index contributed by atoms with van der Waals surface area (Å²) in [5, 5.41) is 104. The van der Waals surface area contributed by atoms with Crippen LogP contribution in [-0.2, 0) is 9.47 Å². The van der Waals surface area contributed by atoms with Gasteiger partial charge in [0.15, 0.2) is 0 Å². The maximum absolute atomic E-state index is 10.9. The summed E-state index contributed by atoms with van der Waals surface area (Å²) in [7, 11) is 3.48. The molecule has 16 aliphatic carbocycles. The molecule has 132 heavy (non-hydrogen) atoms. The summed E-state index contributed by atoms with van der Waals surface area (Å²) in [6, 6.07) is 0. The molecule has 12 saturated carbocycles. The first kappa shape index (κ1) is 111. The summed E-state index contributed by atoms with van der Waals surface area (Å²) < 4.78 is 10.4. The molecule has 16 rings (SSSR count). The Morgan fingerprint density at radius 3 is 0.697 bits per heavy atom. The molecule has 0 aromatic carbocycles. The second-order valence-corrected chi connectivity index (χ2v) is 54.5.